The van der Waals surface area contributed by atoms with Crippen LogP contribution < -0.4 is 10.3 Å². The minimum absolute atomic E-state index is 0.203. The van der Waals surface area contributed by atoms with Crippen LogP contribution in [0.2, 0.25) is 0 Å². The summed E-state index contributed by atoms with van der Waals surface area (Å²) in [7, 11) is 2.94. The van der Waals surface area contributed by atoms with Crippen molar-refractivity contribution in [3.05, 3.63) is 88.1 Å². The predicted molar refractivity (Wildman–Crippen MR) is 118 cm³/mol. The maximum Gasteiger partial charge on any atom is 0.337 e. The quantitative estimate of drug-likeness (QED) is 0.245. The van der Waals surface area contributed by atoms with E-state index in [-0.39, 0.29) is 12.1 Å². The molecule has 0 N–H and O–H groups in total. The van der Waals surface area contributed by atoms with E-state index in [1.807, 2.05) is 30.3 Å². The summed E-state index contributed by atoms with van der Waals surface area (Å²) < 4.78 is 17.1. The van der Waals surface area contributed by atoms with Gasteiger partial charge in [0.25, 0.3) is 5.56 Å². The molecule has 7 nitrogen and oxygen atoms in total. The number of carbonyl (C=O) groups excluding carboxylic acids is 1. The van der Waals surface area contributed by atoms with Crippen LogP contribution in [0, 0.1) is 0 Å². The summed E-state index contributed by atoms with van der Waals surface area (Å²) in [5, 5.41) is 0.948. The van der Waals surface area contributed by atoms with Gasteiger partial charge in [0.15, 0.2) is 5.16 Å². The highest BCUT2D eigenvalue weighted by Crippen LogP contribution is 2.25. The Bertz CT molecular complexity index is 1280. The summed E-state index contributed by atoms with van der Waals surface area (Å²) >= 11 is 1.43. The zero-order chi connectivity index (χ0) is 21.8. The van der Waals surface area contributed by atoms with E-state index < -0.39 is 5.97 Å². The maximum absolute atomic E-state index is 13.3. The lowest BCUT2D eigenvalue weighted by atomic mass is 10.1. The van der Waals surface area contributed by atoms with Gasteiger partial charge in [-0.2, -0.15) is 0 Å². The summed E-state index contributed by atoms with van der Waals surface area (Å²) in [5.74, 6) is 1.52. The molecule has 0 bridgehead atoms. The van der Waals surface area contributed by atoms with Crippen molar-refractivity contribution >= 4 is 28.6 Å². The third-order valence-electron chi connectivity index (χ3n) is 4.74. The minimum atomic E-state index is -0.478. The van der Waals surface area contributed by atoms with Crippen LogP contribution in [0.1, 0.15) is 21.7 Å². The van der Waals surface area contributed by atoms with Crippen LogP contribution in [0.5, 0.6) is 5.75 Å². The lowest BCUT2D eigenvalue weighted by Gasteiger charge is -2.13. The van der Waals surface area contributed by atoms with Crippen molar-refractivity contribution < 1.29 is 18.7 Å². The molecule has 0 spiro atoms. The fourth-order valence-corrected chi connectivity index (χ4v) is 4.11. The van der Waals surface area contributed by atoms with Gasteiger partial charge in [0, 0.05) is 5.75 Å². The summed E-state index contributed by atoms with van der Waals surface area (Å²) in [6.07, 6.45) is 1.57. The van der Waals surface area contributed by atoms with Crippen molar-refractivity contribution in [1.29, 1.82) is 0 Å². The molecule has 0 aliphatic rings. The van der Waals surface area contributed by atoms with Gasteiger partial charge < -0.3 is 13.9 Å². The zero-order valence-electron chi connectivity index (χ0n) is 17.0. The van der Waals surface area contributed by atoms with E-state index in [0.717, 1.165) is 11.3 Å². The van der Waals surface area contributed by atoms with Crippen LogP contribution in [0.3, 0.4) is 0 Å². The first kappa shape index (κ1) is 20.7. The predicted octanol–water partition coefficient (Wildman–Crippen LogP) is 4.13. The van der Waals surface area contributed by atoms with Crippen molar-refractivity contribution in [2.24, 2.45) is 0 Å². The van der Waals surface area contributed by atoms with E-state index in [2.05, 4.69) is 0 Å². The number of methoxy groups -OCH3 is 2. The number of rotatable bonds is 7. The summed E-state index contributed by atoms with van der Waals surface area (Å²) in [4.78, 5) is 29.9. The highest BCUT2D eigenvalue weighted by molar-refractivity contribution is 7.98. The number of thioether (sulfide) groups is 1. The third-order valence-corrected chi connectivity index (χ3v) is 5.79. The number of esters is 1. The topological polar surface area (TPSA) is 83.6 Å². The second-order valence-corrected chi connectivity index (χ2v) is 7.67. The first-order valence-electron chi connectivity index (χ1n) is 9.50. The van der Waals surface area contributed by atoms with Crippen LogP contribution in [0.25, 0.3) is 10.9 Å². The molecular weight excluding hydrogens is 416 g/mol. The number of furan rings is 1. The Morgan fingerprint density at radius 3 is 2.74 bits per heavy atom. The van der Waals surface area contributed by atoms with Crippen molar-refractivity contribution in [3.8, 4) is 5.75 Å². The van der Waals surface area contributed by atoms with E-state index in [1.165, 1.54) is 18.9 Å². The Morgan fingerprint density at radius 2 is 2.00 bits per heavy atom. The van der Waals surface area contributed by atoms with E-state index in [9.17, 15) is 9.59 Å². The molecule has 0 aliphatic heterocycles. The Hall–Kier alpha value is -3.52. The third kappa shape index (κ3) is 4.49. The highest BCUT2D eigenvalue weighted by Gasteiger charge is 2.16. The van der Waals surface area contributed by atoms with Crippen molar-refractivity contribution in [3.63, 3.8) is 0 Å². The van der Waals surface area contributed by atoms with Crippen molar-refractivity contribution in [2.75, 3.05) is 14.2 Å². The minimum Gasteiger partial charge on any atom is -0.497 e. The van der Waals surface area contributed by atoms with Gasteiger partial charge in [0.2, 0.25) is 0 Å². The molecule has 8 heteroatoms. The smallest absolute Gasteiger partial charge is 0.337 e. The first-order valence-corrected chi connectivity index (χ1v) is 10.5. The molecule has 2 heterocycles. The van der Waals surface area contributed by atoms with Gasteiger partial charge in [-0.3, -0.25) is 9.36 Å². The van der Waals surface area contributed by atoms with Gasteiger partial charge in [-0.1, -0.05) is 23.9 Å². The molecule has 4 rings (SSSR count). The van der Waals surface area contributed by atoms with Crippen LogP contribution in [-0.2, 0) is 17.0 Å². The molecule has 0 saturated carbocycles. The Kier molecular flexibility index (Phi) is 6.08. The molecule has 31 heavy (non-hydrogen) atoms. The van der Waals surface area contributed by atoms with Crippen LogP contribution in [0.4, 0.5) is 0 Å². The molecule has 158 valence electrons. The normalized spacial score (nSPS) is 10.9. The Balaban J connectivity index is 1.76. The van der Waals surface area contributed by atoms with Crippen LogP contribution in [-0.4, -0.2) is 29.7 Å². The SMILES string of the molecule is COC(=O)c1ccc2c(=O)n(Cc3ccco3)c(SCc3cccc(OC)c3)nc2c1. The maximum atomic E-state index is 13.3. The molecule has 0 aliphatic carbocycles. The molecule has 2 aromatic heterocycles. The molecule has 4 aromatic rings. The molecule has 0 radical (unpaired) electrons. The first-order chi connectivity index (χ1) is 15.1. The van der Waals surface area contributed by atoms with E-state index in [1.54, 1.807) is 42.2 Å². The molecule has 0 fully saturated rings. The second kappa shape index (κ2) is 9.09. The molecule has 0 amide bonds. The fourth-order valence-electron chi connectivity index (χ4n) is 3.16. The van der Waals surface area contributed by atoms with Crippen molar-refractivity contribution in [1.82, 2.24) is 9.55 Å². The summed E-state index contributed by atoms with van der Waals surface area (Å²) in [5.41, 5.74) is 1.61. The highest BCUT2D eigenvalue weighted by atomic mass is 32.2. The standard InChI is InChI=1S/C23H20N2O5S/c1-28-17-6-3-5-15(11-17)14-31-23-24-20-12-16(22(27)29-2)8-9-19(20)21(26)25(23)13-18-7-4-10-30-18/h3-12H,13-14H2,1-2H3. The van der Waals surface area contributed by atoms with E-state index >= 15 is 0 Å². The van der Waals surface area contributed by atoms with Gasteiger partial charge in [-0.05, 0) is 48.0 Å². The van der Waals surface area contributed by atoms with Crippen LogP contribution in [0.15, 0.2) is 75.2 Å². The molecule has 0 unspecified atom stereocenters. The Morgan fingerprint density at radius 1 is 1.13 bits per heavy atom. The Labute approximate surface area is 182 Å². The molecule has 2 aromatic carbocycles. The summed E-state index contributed by atoms with van der Waals surface area (Å²) in [6, 6.07) is 16.1. The average molecular weight is 436 g/mol. The number of benzene rings is 2. The number of carbonyl (C=O) groups is 1. The fraction of sp³-hybridized carbons (Fsp3) is 0.174. The number of hydrogen-bond donors (Lipinski definition) is 0. The number of aromatic nitrogens is 2. The molecule has 0 atom stereocenters. The van der Waals surface area contributed by atoms with E-state index in [0.29, 0.717) is 33.1 Å². The number of fused-ring (bicyclic) bond motifs is 1. The van der Waals surface area contributed by atoms with E-state index in [4.69, 9.17) is 18.9 Å². The molecular formula is C23H20N2O5S. The lowest BCUT2D eigenvalue weighted by molar-refractivity contribution is 0.0601. The van der Waals surface area contributed by atoms with Gasteiger partial charge in [0.1, 0.15) is 11.5 Å². The monoisotopic (exact) mass is 436 g/mol. The zero-order valence-corrected chi connectivity index (χ0v) is 17.8. The number of hydrogen-bond acceptors (Lipinski definition) is 7. The number of ether oxygens (including phenoxy) is 2. The van der Waals surface area contributed by atoms with Gasteiger partial charge >= 0.3 is 5.97 Å². The second-order valence-electron chi connectivity index (χ2n) is 6.73. The largest absolute Gasteiger partial charge is 0.497 e. The van der Waals surface area contributed by atoms with Gasteiger partial charge in [-0.15, -0.1) is 0 Å². The lowest BCUT2D eigenvalue weighted by Crippen LogP contribution is -2.24. The summed E-state index contributed by atoms with van der Waals surface area (Å²) in [6.45, 7) is 0.258. The van der Waals surface area contributed by atoms with Gasteiger partial charge in [0.05, 0.1) is 43.5 Å². The van der Waals surface area contributed by atoms with Gasteiger partial charge in [-0.25, -0.2) is 9.78 Å². The van der Waals surface area contributed by atoms with Crippen molar-refractivity contribution in [2.45, 2.75) is 17.5 Å². The molecule has 0 saturated heterocycles. The van der Waals surface area contributed by atoms with Crippen LogP contribution >= 0.6 is 11.8 Å². The number of nitrogens with zero attached hydrogens (tertiary/aromatic N) is 2. The average Bonchev–Trinajstić information content (AvgIpc) is 3.32.